The van der Waals surface area contributed by atoms with Gasteiger partial charge in [-0.3, -0.25) is 9.59 Å². The maximum Gasteiger partial charge on any atom is 0.269 e. The van der Waals surface area contributed by atoms with E-state index in [0.29, 0.717) is 5.92 Å². The molecule has 1 fully saturated rings. The van der Waals surface area contributed by atoms with Crippen molar-refractivity contribution in [3.63, 3.8) is 0 Å². The van der Waals surface area contributed by atoms with Crippen molar-refractivity contribution in [2.45, 2.75) is 50.0 Å². The molecule has 1 saturated carbocycles. The summed E-state index contributed by atoms with van der Waals surface area (Å²) in [5.74, 6) is -0.318. The first-order chi connectivity index (χ1) is 11.4. The van der Waals surface area contributed by atoms with Crippen LogP contribution < -0.4 is 5.32 Å². The summed E-state index contributed by atoms with van der Waals surface area (Å²) >= 11 is 0. The van der Waals surface area contributed by atoms with Crippen molar-refractivity contribution in [3.05, 3.63) is 29.8 Å². The molecule has 1 aromatic rings. The molecule has 7 heteroatoms. The molecule has 3 rings (SSSR count). The summed E-state index contributed by atoms with van der Waals surface area (Å²) in [5.41, 5.74) is 0.179. The Morgan fingerprint density at radius 1 is 1.25 bits per heavy atom. The van der Waals surface area contributed by atoms with Crippen LogP contribution in [0, 0.1) is 5.92 Å². The van der Waals surface area contributed by atoms with Crippen LogP contribution in [0.1, 0.15) is 49.4 Å². The molecule has 0 bridgehead atoms. The van der Waals surface area contributed by atoms with E-state index in [-0.39, 0.29) is 35.4 Å². The number of fused-ring (bicyclic) bond motifs is 1. The van der Waals surface area contributed by atoms with Crippen LogP contribution in [-0.4, -0.2) is 37.1 Å². The van der Waals surface area contributed by atoms with Crippen molar-refractivity contribution in [2.24, 2.45) is 5.92 Å². The number of sulfonamides is 1. The van der Waals surface area contributed by atoms with E-state index in [0.717, 1.165) is 23.6 Å². The van der Waals surface area contributed by atoms with Gasteiger partial charge in [0.2, 0.25) is 5.91 Å². The van der Waals surface area contributed by atoms with Gasteiger partial charge in [0.05, 0.1) is 5.56 Å². The molecule has 0 radical (unpaired) electrons. The van der Waals surface area contributed by atoms with Crippen LogP contribution in [0.3, 0.4) is 0 Å². The SMILES string of the molecule is C[C@@H]1CCCC[C@@H]1NC(=O)CCN1C(=O)c2ccccc2S1(=O)=O. The highest BCUT2D eigenvalue weighted by molar-refractivity contribution is 7.90. The molecule has 0 spiro atoms. The third-order valence-corrected chi connectivity index (χ3v) is 6.75. The molecule has 0 unspecified atom stereocenters. The summed E-state index contributed by atoms with van der Waals surface area (Å²) in [6.45, 7) is 2.00. The van der Waals surface area contributed by atoms with Gasteiger partial charge in [0.1, 0.15) is 4.90 Å². The quantitative estimate of drug-likeness (QED) is 0.899. The van der Waals surface area contributed by atoms with E-state index in [2.05, 4.69) is 12.2 Å². The fourth-order valence-corrected chi connectivity index (χ4v) is 5.03. The Kier molecular flexibility index (Phi) is 4.62. The predicted octanol–water partition coefficient (Wildman–Crippen LogP) is 1.92. The van der Waals surface area contributed by atoms with E-state index in [4.69, 9.17) is 0 Å². The summed E-state index contributed by atoms with van der Waals surface area (Å²) in [4.78, 5) is 24.5. The molecule has 2 aliphatic rings. The van der Waals surface area contributed by atoms with Gasteiger partial charge in [0.15, 0.2) is 0 Å². The lowest BCUT2D eigenvalue weighted by molar-refractivity contribution is -0.122. The molecule has 6 nitrogen and oxygen atoms in total. The molecule has 2 atom stereocenters. The van der Waals surface area contributed by atoms with E-state index in [9.17, 15) is 18.0 Å². The van der Waals surface area contributed by atoms with Gasteiger partial charge in [0.25, 0.3) is 15.9 Å². The van der Waals surface area contributed by atoms with Crippen LogP contribution in [0.2, 0.25) is 0 Å². The standard InChI is InChI=1S/C17H22N2O4S/c1-12-6-2-4-8-14(12)18-16(20)10-11-19-17(21)13-7-3-5-9-15(13)24(19,22)23/h3,5,7,9,12,14H,2,4,6,8,10-11H2,1H3,(H,18,20)/t12-,14+/m1/s1. The highest BCUT2D eigenvalue weighted by Gasteiger charge is 2.40. The Hall–Kier alpha value is -1.89. The number of hydrogen-bond acceptors (Lipinski definition) is 4. The number of carbonyl (C=O) groups is 2. The summed E-state index contributed by atoms with van der Waals surface area (Å²) in [5, 5.41) is 2.98. The maximum absolute atomic E-state index is 12.4. The van der Waals surface area contributed by atoms with Crippen molar-refractivity contribution < 1.29 is 18.0 Å². The number of rotatable bonds is 4. The molecule has 1 aliphatic heterocycles. The maximum atomic E-state index is 12.4. The largest absolute Gasteiger partial charge is 0.353 e. The second-order valence-electron chi connectivity index (χ2n) is 6.56. The zero-order valence-electron chi connectivity index (χ0n) is 13.7. The topological polar surface area (TPSA) is 83.6 Å². The van der Waals surface area contributed by atoms with E-state index < -0.39 is 15.9 Å². The van der Waals surface area contributed by atoms with Gasteiger partial charge in [-0.1, -0.05) is 31.9 Å². The Morgan fingerprint density at radius 2 is 1.96 bits per heavy atom. The van der Waals surface area contributed by atoms with E-state index in [1.807, 2.05) is 0 Å². The Bertz CT molecular complexity index is 760. The summed E-state index contributed by atoms with van der Waals surface area (Å²) in [7, 11) is -3.83. The van der Waals surface area contributed by atoms with E-state index >= 15 is 0 Å². The molecular formula is C17H22N2O4S. The van der Waals surface area contributed by atoms with E-state index in [1.165, 1.54) is 18.6 Å². The zero-order chi connectivity index (χ0) is 17.3. The Labute approximate surface area is 142 Å². The molecule has 1 heterocycles. The second-order valence-corrected chi connectivity index (χ2v) is 8.39. The summed E-state index contributed by atoms with van der Waals surface area (Å²) in [6, 6.07) is 6.29. The average molecular weight is 350 g/mol. The minimum Gasteiger partial charge on any atom is -0.353 e. The van der Waals surface area contributed by atoms with Crippen molar-refractivity contribution in [3.8, 4) is 0 Å². The van der Waals surface area contributed by atoms with Crippen molar-refractivity contribution >= 4 is 21.8 Å². The van der Waals surface area contributed by atoms with Gasteiger partial charge < -0.3 is 5.32 Å². The lowest BCUT2D eigenvalue weighted by Gasteiger charge is -2.29. The lowest BCUT2D eigenvalue weighted by Crippen LogP contribution is -2.42. The number of benzene rings is 1. The first-order valence-electron chi connectivity index (χ1n) is 8.36. The highest BCUT2D eigenvalue weighted by Crippen LogP contribution is 2.30. The zero-order valence-corrected chi connectivity index (χ0v) is 14.5. The highest BCUT2D eigenvalue weighted by atomic mass is 32.2. The lowest BCUT2D eigenvalue weighted by atomic mass is 9.86. The van der Waals surface area contributed by atoms with Crippen LogP contribution in [0.15, 0.2) is 29.2 Å². The van der Waals surface area contributed by atoms with Crippen molar-refractivity contribution in [1.29, 1.82) is 0 Å². The first-order valence-corrected chi connectivity index (χ1v) is 9.80. The molecule has 1 aromatic carbocycles. The molecule has 130 valence electrons. The number of nitrogens with one attached hydrogen (secondary N) is 1. The van der Waals surface area contributed by atoms with Crippen LogP contribution in [0.5, 0.6) is 0 Å². The number of nitrogens with zero attached hydrogens (tertiary/aromatic N) is 1. The average Bonchev–Trinajstić information content (AvgIpc) is 2.75. The van der Waals surface area contributed by atoms with Crippen LogP contribution in [0.4, 0.5) is 0 Å². The molecule has 24 heavy (non-hydrogen) atoms. The third kappa shape index (κ3) is 3.05. The Balaban J connectivity index is 1.63. The van der Waals surface area contributed by atoms with Crippen molar-refractivity contribution in [2.75, 3.05) is 6.54 Å². The second kappa shape index (κ2) is 6.55. The number of hydrogen-bond donors (Lipinski definition) is 1. The first kappa shape index (κ1) is 17.0. The molecule has 0 aromatic heterocycles. The van der Waals surface area contributed by atoms with Gasteiger partial charge in [-0.25, -0.2) is 12.7 Å². The van der Waals surface area contributed by atoms with Crippen LogP contribution in [0.25, 0.3) is 0 Å². The van der Waals surface area contributed by atoms with Gasteiger partial charge in [-0.2, -0.15) is 0 Å². The molecule has 1 N–H and O–H groups in total. The molecular weight excluding hydrogens is 328 g/mol. The third-order valence-electron chi connectivity index (χ3n) is 4.91. The predicted molar refractivity (Wildman–Crippen MR) is 88.8 cm³/mol. The summed E-state index contributed by atoms with van der Waals surface area (Å²) in [6.07, 6.45) is 4.33. The van der Waals surface area contributed by atoms with Crippen LogP contribution >= 0.6 is 0 Å². The minimum atomic E-state index is -3.83. The van der Waals surface area contributed by atoms with Gasteiger partial charge in [-0.05, 0) is 30.9 Å². The normalized spacial score (nSPS) is 25.4. The Morgan fingerprint density at radius 3 is 2.67 bits per heavy atom. The number of amides is 2. The fourth-order valence-electron chi connectivity index (χ4n) is 3.46. The molecule has 1 aliphatic carbocycles. The van der Waals surface area contributed by atoms with Crippen LogP contribution in [-0.2, 0) is 14.8 Å². The summed E-state index contributed by atoms with van der Waals surface area (Å²) < 4.78 is 25.7. The van der Waals surface area contributed by atoms with Crippen molar-refractivity contribution in [1.82, 2.24) is 9.62 Å². The minimum absolute atomic E-state index is 0.0117. The van der Waals surface area contributed by atoms with Gasteiger partial charge >= 0.3 is 0 Å². The number of carbonyl (C=O) groups excluding carboxylic acids is 2. The van der Waals surface area contributed by atoms with E-state index in [1.54, 1.807) is 12.1 Å². The van der Waals surface area contributed by atoms with Gasteiger partial charge in [-0.15, -0.1) is 0 Å². The molecule has 0 saturated heterocycles. The fraction of sp³-hybridized carbons (Fsp3) is 0.529. The van der Waals surface area contributed by atoms with Gasteiger partial charge in [0, 0.05) is 19.0 Å². The monoisotopic (exact) mass is 350 g/mol. The smallest absolute Gasteiger partial charge is 0.269 e. The molecule has 2 amide bonds.